The molecule has 0 fully saturated rings. The second-order valence-electron chi connectivity index (χ2n) is 6.73. The molecule has 170 valence electrons. The molecule has 0 aromatic heterocycles. The van der Waals surface area contributed by atoms with Crippen LogP contribution >= 0.6 is 11.6 Å². The summed E-state index contributed by atoms with van der Waals surface area (Å²) in [6, 6.07) is 17.9. The predicted octanol–water partition coefficient (Wildman–Crippen LogP) is 5.02. The third kappa shape index (κ3) is 5.97. The molecule has 0 atom stereocenters. The van der Waals surface area contributed by atoms with Gasteiger partial charge >= 0.3 is 5.97 Å². The lowest BCUT2D eigenvalue weighted by Crippen LogP contribution is -2.14. The first kappa shape index (κ1) is 24.0. The summed E-state index contributed by atoms with van der Waals surface area (Å²) in [4.78, 5) is 35.0. The molecule has 0 bridgehead atoms. The summed E-state index contributed by atoms with van der Waals surface area (Å²) in [7, 11) is 1.52. The van der Waals surface area contributed by atoms with Crippen LogP contribution in [0.25, 0.3) is 6.08 Å². The number of anilines is 1. The molecule has 10 heteroatoms. The summed E-state index contributed by atoms with van der Waals surface area (Å²) >= 11 is 5.98. The molecule has 0 heterocycles. The van der Waals surface area contributed by atoms with Crippen LogP contribution in [0.15, 0.2) is 72.3 Å². The molecule has 1 amide bonds. The van der Waals surface area contributed by atoms with Gasteiger partial charge in [-0.05, 0) is 54.1 Å². The molecule has 1 N–H and O–H groups in total. The van der Waals surface area contributed by atoms with E-state index in [0.717, 1.165) is 6.07 Å². The number of non-ortho nitro benzene ring substituents is 1. The van der Waals surface area contributed by atoms with Gasteiger partial charge in [0.15, 0.2) is 0 Å². The Balaban J connectivity index is 1.71. The minimum atomic E-state index is -0.792. The number of nitro benzene ring substituents is 1. The van der Waals surface area contributed by atoms with Crippen molar-refractivity contribution in [1.29, 1.82) is 5.26 Å². The Morgan fingerprint density at radius 3 is 2.29 bits per heavy atom. The molecule has 3 aromatic carbocycles. The number of nitrogens with one attached hydrogen (secondary N) is 1. The number of benzene rings is 3. The lowest BCUT2D eigenvalue weighted by atomic mass is 10.1. The van der Waals surface area contributed by atoms with Crippen molar-refractivity contribution in [2.24, 2.45) is 0 Å². The fourth-order valence-electron chi connectivity index (χ4n) is 2.75. The van der Waals surface area contributed by atoms with Gasteiger partial charge in [-0.15, -0.1) is 0 Å². The molecule has 0 saturated carbocycles. The van der Waals surface area contributed by atoms with Crippen molar-refractivity contribution < 1.29 is 24.0 Å². The van der Waals surface area contributed by atoms with Gasteiger partial charge in [0.2, 0.25) is 0 Å². The van der Waals surface area contributed by atoms with Gasteiger partial charge in [-0.3, -0.25) is 14.9 Å². The number of rotatable bonds is 7. The van der Waals surface area contributed by atoms with Crippen LogP contribution < -0.4 is 14.8 Å². The van der Waals surface area contributed by atoms with E-state index in [1.54, 1.807) is 42.5 Å². The molecular formula is C24H16ClN3O6. The van der Waals surface area contributed by atoms with E-state index >= 15 is 0 Å². The van der Waals surface area contributed by atoms with Crippen LogP contribution in [0.3, 0.4) is 0 Å². The van der Waals surface area contributed by atoms with Gasteiger partial charge in [-0.2, -0.15) is 5.26 Å². The number of amides is 1. The second-order valence-corrected chi connectivity index (χ2v) is 7.14. The summed E-state index contributed by atoms with van der Waals surface area (Å²) in [5.41, 5.74) is 0.310. The van der Waals surface area contributed by atoms with Gasteiger partial charge in [0.1, 0.15) is 23.1 Å². The minimum Gasteiger partial charge on any atom is -0.497 e. The molecule has 0 aliphatic carbocycles. The van der Waals surface area contributed by atoms with E-state index in [0.29, 0.717) is 16.9 Å². The van der Waals surface area contributed by atoms with E-state index in [-0.39, 0.29) is 27.7 Å². The zero-order valence-corrected chi connectivity index (χ0v) is 18.4. The lowest BCUT2D eigenvalue weighted by molar-refractivity contribution is -0.384. The van der Waals surface area contributed by atoms with Crippen LogP contribution in [-0.2, 0) is 4.79 Å². The van der Waals surface area contributed by atoms with Crippen molar-refractivity contribution in [1.82, 2.24) is 0 Å². The van der Waals surface area contributed by atoms with Crippen LogP contribution in [0, 0.1) is 21.4 Å². The Morgan fingerprint density at radius 2 is 1.71 bits per heavy atom. The van der Waals surface area contributed by atoms with Gasteiger partial charge < -0.3 is 14.8 Å². The number of nitriles is 1. The molecule has 9 nitrogen and oxygen atoms in total. The number of methoxy groups -OCH3 is 1. The number of hydrogen-bond acceptors (Lipinski definition) is 7. The average molecular weight is 478 g/mol. The topological polar surface area (TPSA) is 132 Å². The Labute approximate surface area is 198 Å². The van der Waals surface area contributed by atoms with E-state index < -0.39 is 16.8 Å². The highest BCUT2D eigenvalue weighted by Gasteiger charge is 2.15. The molecule has 0 unspecified atom stereocenters. The van der Waals surface area contributed by atoms with E-state index in [2.05, 4.69) is 5.32 Å². The van der Waals surface area contributed by atoms with Crippen LogP contribution in [0.4, 0.5) is 11.4 Å². The molecule has 3 rings (SSSR count). The molecule has 34 heavy (non-hydrogen) atoms. The predicted molar refractivity (Wildman–Crippen MR) is 125 cm³/mol. The van der Waals surface area contributed by atoms with E-state index in [9.17, 15) is 25.0 Å². The minimum absolute atomic E-state index is 0.00260. The maximum Gasteiger partial charge on any atom is 0.343 e. The van der Waals surface area contributed by atoms with Gasteiger partial charge in [0, 0.05) is 12.1 Å². The Hall–Kier alpha value is -4.68. The van der Waals surface area contributed by atoms with Gasteiger partial charge in [-0.1, -0.05) is 23.7 Å². The first-order chi connectivity index (χ1) is 16.3. The maximum atomic E-state index is 12.5. The molecule has 0 aliphatic heterocycles. The first-order valence-electron chi connectivity index (χ1n) is 9.64. The Kier molecular flexibility index (Phi) is 7.59. The molecule has 3 aromatic rings. The van der Waals surface area contributed by atoms with Crippen molar-refractivity contribution in [3.8, 4) is 17.6 Å². The summed E-state index contributed by atoms with van der Waals surface area (Å²) in [5, 5.41) is 22.8. The Bertz CT molecular complexity index is 1310. The fraction of sp³-hybridized carbons (Fsp3) is 0.0417. The number of nitro groups is 1. The summed E-state index contributed by atoms with van der Waals surface area (Å²) in [6.07, 6.45) is 1.32. The van der Waals surface area contributed by atoms with Crippen LogP contribution in [0.2, 0.25) is 5.02 Å². The number of carbonyl (C=O) groups excluding carboxylic acids is 2. The third-order valence-electron chi connectivity index (χ3n) is 4.50. The van der Waals surface area contributed by atoms with E-state index in [4.69, 9.17) is 21.1 Å². The van der Waals surface area contributed by atoms with Crippen molar-refractivity contribution in [3.63, 3.8) is 0 Å². The number of halogens is 1. The van der Waals surface area contributed by atoms with Gasteiger partial charge in [0.05, 0.1) is 28.3 Å². The van der Waals surface area contributed by atoms with E-state index in [1.165, 1.54) is 37.5 Å². The zero-order valence-electron chi connectivity index (χ0n) is 17.7. The lowest BCUT2D eigenvalue weighted by Gasteiger charge is -2.07. The van der Waals surface area contributed by atoms with Crippen molar-refractivity contribution in [2.45, 2.75) is 0 Å². The molecule has 0 spiro atoms. The number of carbonyl (C=O) groups is 2. The standard InChI is InChI=1S/C24H16ClN3O6/c1-33-19-9-4-16(5-10-19)24(30)34-20-7-2-15(3-8-20)12-17(14-26)23(29)27-22-13-18(28(31)32)6-11-21(22)25/h2-13H,1H3,(H,27,29)/b17-12+. The SMILES string of the molecule is COc1ccc(C(=O)Oc2ccc(/C=C(\C#N)C(=O)Nc3cc([N+](=O)[O-])ccc3Cl)cc2)cc1. The number of ether oxygens (including phenoxy) is 2. The molecule has 0 radical (unpaired) electrons. The third-order valence-corrected chi connectivity index (χ3v) is 4.83. The highest BCUT2D eigenvalue weighted by atomic mass is 35.5. The number of hydrogen-bond donors (Lipinski definition) is 1. The smallest absolute Gasteiger partial charge is 0.343 e. The number of nitrogens with zero attached hydrogens (tertiary/aromatic N) is 2. The highest BCUT2D eigenvalue weighted by molar-refractivity contribution is 6.34. The van der Waals surface area contributed by atoms with Gasteiger partial charge in [0.25, 0.3) is 11.6 Å². The Morgan fingerprint density at radius 1 is 1.06 bits per heavy atom. The maximum absolute atomic E-state index is 12.5. The fourth-order valence-corrected chi connectivity index (χ4v) is 2.92. The highest BCUT2D eigenvalue weighted by Crippen LogP contribution is 2.27. The van der Waals surface area contributed by atoms with Crippen LogP contribution in [-0.4, -0.2) is 23.9 Å². The normalized spacial score (nSPS) is 10.7. The zero-order chi connectivity index (χ0) is 24.7. The van der Waals surface area contributed by atoms with Crippen LogP contribution in [0.5, 0.6) is 11.5 Å². The average Bonchev–Trinajstić information content (AvgIpc) is 2.84. The monoisotopic (exact) mass is 477 g/mol. The summed E-state index contributed by atoms with van der Waals surface area (Å²) in [6.45, 7) is 0. The van der Waals surface area contributed by atoms with Crippen molar-refractivity contribution in [2.75, 3.05) is 12.4 Å². The number of esters is 1. The van der Waals surface area contributed by atoms with E-state index in [1.807, 2.05) is 0 Å². The van der Waals surface area contributed by atoms with Crippen molar-refractivity contribution >= 4 is 40.9 Å². The molecular weight excluding hydrogens is 462 g/mol. The summed E-state index contributed by atoms with van der Waals surface area (Å²) < 4.78 is 10.4. The molecule has 0 saturated heterocycles. The van der Waals surface area contributed by atoms with Crippen molar-refractivity contribution in [3.05, 3.63) is 98.6 Å². The molecule has 0 aliphatic rings. The largest absolute Gasteiger partial charge is 0.497 e. The second kappa shape index (κ2) is 10.8. The van der Waals surface area contributed by atoms with Crippen LogP contribution in [0.1, 0.15) is 15.9 Å². The first-order valence-corrected chi connectivity index (χ1v) is 10.0. The summed E-state index contributed by atoms with van der Waals surface area (Å²) in [5.74, 6) is -0.473. The quantitative estimate of drug-likeness (QED) is 0.126. The van der Waals surface area contributed by atoms with Gasteiger partial charge in [-0.25, -0.2) is 4.79 Å².